The summed E-state index contributed by atoms with van der Waals surface area (Å²) in [7, 11) is 0. The fourth-order valence-corrected chi connectivity index (χ4v) is 4.33. The Bertz CT molecular complexity index is 339. The Morgan fingerprint density at radius 2 is 2.06 bits per heavy atom. The Hall–Kier alpha value is -0.570. The lowest BCUT2D eigenvalue weighted by atomic mass is 9.86. The summed E-state index contributed by atoms with van der Waals surface area (Å²) in [5.74, 6) is 1.64. The molecule has 3 aliphatic rings. The number of amides is 1. The van der Waals surface area contributed by atoms with Crippen molar-refractivity contribution in [3.63, 3.8) is 0 Å². The van der Waals surface area contributed by atoms with Gasteiger partial charge in [-0.2, -0.15) is 0 Å². The quantitative estimate of drug-likeness (QED) is 0.788. The van der Waals surface area contributed by atoms with Gasteiger partial charge in [0.15, 0.2) is 0 Å². The van der Waals surface area contributed by atoms with Gasteiger partial charge in [0.25, 0.3) is 0 Å². The Morgan fingerprint density at radius 3 is 2.78 bits per heavy atom. The molecule has 0 aromatic carbocycles. The van der Waals surface area contributed by atoms with E-state index in [0.29, 0.717) is 12.0 Å². The molecule has 0 bridgehead atoms. The van der Waals surface area contributed by atoms with Gasteiger partial charge in [-0.05, 0) is 49.5 Å². The van der Waals surface area contributed by atoms with Gasteiger partial charge < -0.3 is 10.6 Å². The minimum absolute atomic E-state index is 0.0916. The van der Waals surface area contributed by atoms with Crippen LogP contribution >= 0.6 is 0 Å². The van der Waals surface area contributed by atoms with E-state index in [-0.39, 0.29) is 17.4 Å². The van der Waals surface area contributed by atoms with E-state index >= 15 is 0 Å². The second-order valence-corrected chi connectivity index (χ2v) is 7.18. The Balaban J connectivity index is 1.62. The van der Waals surface area contributed by atoms with Gasteiger partial charge in [0.1, 0.15) is 0 Å². The first kappa shape index (κ1) is 12.5. The minimum atomic E-state index is 0.0916. The van der Waals surface area contributed by atoms with Crippen LogP contribution in [0.1, 0.15) is 52.4 Å². The molecule has 0 aromatic heterocycles. The summed E-state index contributed by atoms with van der Waals surface area (Å²) in [6, 6.07) is 0.473. The highest BCUT2D eigenvalue weighted by Gasteiger charge is 2.44. The molecule has 2 aliphatic carbocycles. The fourth-order valence-electron chi connectivity index (χ4n) is 4.33. The molecule has 1 amide bonds. The predicted octanol–water partition coefficient (Wildman–Crippen LogP) is 2.07. The molecule has 3 heteroatoms. The summed E-state index contributed by atoms with van der Waals surface area (Å²) >= 11 is 0. The standard InChI is InChI=1S/C15H26N2O/c1-15(2)8-4-7-12(15)17-14(18)13-11-6-3-5-10(11)9-16-13/h10-13,16H,3-9H2,1-2H3,(H,17,18). The number of carbonyl (C=O) groups excluding carboxylic acids is 1. The first-order valence-electron chi connectivity index (χ1n) is 7.62. The summed E-state index contributed by atoms with van der Waals surface area (Å²) in [5, 5.41) is 6.77. The SMILES string of the molecule is CC1(C)CCCC1NC(=O)C1NCC2CCCC21. The van der Waals surface area contributed by atoms with E-state index in [2.05, 4.69) is 24.5 Å². The highest BCUT2D eigenvalue weighted by molar-refractivity contribution is 5.83. The van der Waals surface area contributed by atoms with Gasteiger partial charge in [-0.25, -0.2) is 0 Å². The van der Waals surface area contributed by atoms with Crippen LogP contribution in [0.5, 0.6) is 0 Å². The lowest BCUT2D eigenvalue weighted by molar-refractivity contribution is -0.125. The Kier molecular flexibility index (Phi) is 3.13. The van der Waals surface area contributed by atoms with Crippen molar-refractivity contribution in [2.75, 3.05) is 6.54 Å². The predicted molar refractivity (Wildman–Crippen MR) is 72.2 cm³/mol. The van der Waals surface area contributed by atoms with Crippen LogP contribution in [-0.2, 0) is 4.79 Å². The summed E-state index contributed by atoms with van der Waals surface area (Å²) in [6.07, 6.45) is 7.51. The molecule has 0 aromatic rings. The lowest BCUT2D eigenvalue weighted by Crippen LogP contribution is -2.50. The fraction of sp³-hybridized carbons (Fsp3) is 0.933. The molecule has 4 unspecified atom stereocenters. The number of carbonyl (C=O) groups is 1. The minimum Gasteiger partial charge on any atom is -0.351 e. The topological polar surface area (TPSA) is 41.1 Å². The molecule has 1 heterocycles. The first-order valence-corrected chi connectivity index (χ1v) is 7.62. The Labute approximate surface area is 110 Å². The van der Waals surface area contributed by atoms with E-state index < -0.39 is 0 Å². The van der Waals surface area contributed by atoms with E-state index in [1.165, 1.54) is 32.1 Å². The summed E-state index contributed by atoms with van der Waals surface area (Å²) < 4.78 is 0. The number of nitrogens with one attached hydrogen (secondary N) is 2. The molecule has 2 N–H and O–H groups in total. The van der Waals surface area contributed by atoms with Crippen LogP contribution < -0.4 is 10.6 Å². The number of hydrogen-bond donors (Lipinski definition) is 2. The van der Waals surface area contributed by atoms with Gasteiger partial charge in [0.2, 0.25) is 5.91 Å². The van der Waals surface area contributed by atoms with Crippen molar-refractivity contribution in [3.05, 3.63) is 0 Å². The van der Waals surface area contributed by atoms with Gasteiger partial charge in [-0.1, -0.05) is 26.7 Å². The van der Waals surface area contributed by atoms with Crippen LogP contribution in [0.15, 0.2) is 0 Å². The average molecular weight is 250 g/mol. The maximum Gasteiger partial charge on any atom is 0.237 e. The molecule has 0 spiro atoms. The molecule has 4 atom stereocenters. The van der Waals surface area contributed by atoms with Crippen molar-refractivity contribution >= 4 is 5.91 Å². The maximum atomic E-state index is 12.5. The summed E-state index contributed by atoms with van der Waals surface area (Å²) in [4.78, 5) is 12.5. The van der Waals surface area contributed by atoms with E-state index in [1.807, 2.05) is 0 Å². The molecule has 18 heavy (non-hydrogen) atoms. The molecule has 3 nitrogen and oxygen atoms in total. The average Bonchev–Trinajstić information content (AvgIpc) is 2.94. The molecular weight excluding hydrogens is 224 g/mol. The smallest absolute Gasteiger partial charge is 0.237 e. The van der Waals surface area contributed by atoms with Gasteiger partial charge in [0, 0.05) is 6.04 Å². The molecule has 0 radical (unpaired) electrons. The van der Waals surface area contributed by atoms with E-state index in [1.54, 1.807) is 0 Å². The zero-order valence-electron chi connectivity index (χ0n) is 11.7. The molecule has 3 rings (SSSR count). The third kappa shape index (κ3) is 2.07. The van der Waals surface area contributed by atoms with Crippen molar-refractivity contribution in [3.8, 4) is 0 Å². The molecule has 2 saturated carbocycles. The summed E-state index contributed by atoms with van der Waals surface area (Å²) in [5.41, 5.74) is 0.281. The third-order valence-corrected chi connectivity index (χ3v) is 5.60. The zero-order chi connectivity index (χ0) is 12.8. The monoisotopic (exact) mass is 250 g/mol. The molecule has 1 aliphatic heterocycles. The molecule has 1 saturated heterocycles. The van der Waals surface area contributed by atoms with Crippen molar-refractivity contribution < 1.29 is 4.79 Å². The van der Waals surface area contributed by atoms with Gasteiger partial charge >= 0.3 is 0 Å². The highest BCUT2D eigenvalue weighted by atomic mass is 16.2. The van der Waals surface area contributed by atoms with Crippen LogP contribution in [0.25, 0.3) is 0 Å². The van der Waals surface area contributed by atoms with Crippen molar-refractivity contribution in [1.82, 2.24) is 10.6 Å². The molecule has 102 valence electrons. The first-order chi connectivity index (χ1) is 8.58. The summed E-state index contributed by atoms with van der Waals surface area (Å²) in [6.45, 7) is 5.62. The van der Waals surface area contributed by atoms with Crippen LogP contribution in [0.2, 0.25) is 0 Å². The van der Waals surface area contributed by atoms with Crippen LogP contribution in [0, 0.1) is 17.3 Å². The third-order valence-electron chi connectivity index (χ3n) is 5.60. The lowest BCUT2D eigenvalue weighted by Gasteiger charge is -2.29. The van der Waals surface area contributed by atoms with E-state index in [0.717, 1.165) is 18.9 Å². The van der Waals surface area contributed by atoms with Crippen LogP contribution in [0.4, 0.5) is 0 Å². The van der Waals surface area contributed by atoms with E-state index in [4.69, 9.17) is 0 Å². The maximum absolute atomic E-state index is 12.5. The van der Waals surface area contributed by atoms with E-state index in [9.17, 15) is 4.79 Å². The van der Waals surface area contributed by atoms with Crippen LogP contribution in [-0.4, -0.2) is 24.5 Å². The second kappa shape index (κ2) is 4.52. The van der Waals surface area contributed by atoms with Gasteiger partial charge in [-0.3, -0.25) is 4.79 Å². The number of fused-ring (bicyclic) bond motifs is 1. The molecule has 3 fully saturated rings. The van der Waals surface area contributed by atoms with Crippen LogP contribution in [0.3, 0.4) is 0 Å². The zero-order valence-corrected chi connectivity index (χ0v) is 11.7. The normalized spacial score (nSPS) is 41.9. The van der Waals surface area contributed by atoms with Crippen molar-refractivity contribution in [1.29, 1.82) is 0 Å². The van der Waals surface area contributed by atoms with Gasteiger partial charge in [-0.15, -0.1) is 0 Å². The highest BCUT2D eigenvalue weighted by Crippen LogP contribution is 2.39. The largest absolute Gasteiger partial charge is 0.351 e. The Morgan fingerprint density at radius 1 is 1.22 bits per heavy atom. The molecular formula is C15H26N2O. The number of rotatable bonds is 2. The number of hydrogen-bond acceptors (Lipinski definition) is 2. The van der Waals surface area contributed by atoms with Crippen molar-refractivity contribution in [2.45, 2.75) is 64.5 Å². The second-order valence-electron chi connectivity index (χ2n) is 7.18. The van der Waals surface area contributed by atoms with Crippen molar-refractivity contribution in [2.24, 2.45) is 17.3 Å². The van der Waals surface area contributed by atoms with Gasteiger partial charge in [0.05, 0.1) is 6.04 Å².